The van der Waals surface area contributed by atoms with Crippen molar-refractivity contribution in [1.29, 1.82) is 0 Å². The third-order valence-electron chi connectivity index (χ3n) is 9.21. The van der Waals surface area contributed by atoms with E-state index in [1.54, 1.807) is 42.4 Å². The maximum atomic E-state index is 2.63. The molecule has 0 amide bonds. The molecule has 0 radical (unpaired) electrons. The number of rotatable bonds is 4. The molecule has 1 unspecified atom stereocenters. The van der Waals surface area contributed by atoms with Gasteiger partial charge in [0.2, 0.25) is 0 Å². The second-order valence-electron chi connectivity index (χ2n) is 10.1. The monoisotopic (exact) mass is 432 g/mol. The first-order chi connectivity index (χ1) is 14.4. The fraction of sp³-hybridized carbons (Fsp3) is 0.500. The van der Waals surface area contributed by atoms with E-state index in [1.165, 1.54) is 55.3 Å². The van der Waals surface area contributed by atoms with Gasteiger partial charge in [0, 0.05) is 26.4 Å². The topological polar surface area (TPSA) is 0 Å². The molecule has 0 spiro atoms. The van der Waals surface area contributed by atoms with Crippen LogP contribution in [0.5, 0.6) is 0 Å². The molecular weight excluding hydrogens is 396 g/mol. The molecule has 0 saturated carbocycles. The minimum Gasteiger partial charge on any atom is -0.139 e. The summed E-state index contributed by atoms with van der Waals surface area (Å²) in [5.74, 6) is 0. The molecule has 30 heavy (non-hydrogen) atoms. The summed E-state index contributed by atoms with van der Waals surface area (Å²) in [7, 11) is -1.75. The van der Waals surface area contributed by atoms with E-state index in [-0.39, 0.29) is 5.04 Å². The zero-order chi connectivity index (χ0) is 21.3. The highest BCUT2D eigenvalue weighted by Crippen LogP contribution is 2.56. The van der Waals surface area contributed by atoms with Gasteiger partial charge in [0.15, 0.2) is 0 Å². The molecule has 1 aromatic carbocycles. The van der Waals surface area contributed by atoms with Crippen molar-refractivity contribution in [2.45, 2.75) is 90.8 Å². The molecule has 158 valence electrons. The van der Waals surface area contributed by atoms with Gasteiger partial charge in [-0.05, 0) is 69.2 Å². The number of hydrogen-bond acceptors (Lipinski definition) is 1. The van der Waals surface area contributed by atoms with Crippen LogP contribution in [0.15, 0.2) is 46.6 Å². The molecule has 1 aromatic heterocycles. The molecular formula is C28H36SSi. The van der Waals surface area contributed by atoms with Crippen molar-refractivity contribution in [3.63, 3.8) is 0 Å². The number of fused-ring (bicyclic) bond motifs is 4. The molecule has 0 fully saturated rings. The minimum absolute atomic E-state index is 0.234. The molecule has 3 aliphatic rings. The molecule has 0 nitrogen and oxygen atoms in total. The highest BCUT2D eigenvalue weighted by Gasteiger charge is 2.51. The van der Waals surface area contributed by atoms with Crippen LogP contribution in [0.4, 0.5) is 0 Å². The summed E-state index contributed by atoms with van der Waals surface area (Å²) in [6, 6.07) is 10.3. The first-order valence-electron chi connectivity index (χ1n) is 12.0. The van der Waals surface area contributed by atoms with E-state index in [0.29, 0.717) is 0 Å². The van der Waals surface area contributed by atoms with Gasteiger partial charge in [0.05, 0.1) is 0 Å². The van der Waals surface area contributed by atoms with Gasteiger partial charge in [0.1, 0.15) is 8.07 Å². The van der Waals surface area contributed by atoms with E-state index in [2.05, 4.69) is 77.2 Å². The van der Waals surface area contributed by atoms with Crippen molar-refractivity contribution in [3.8, 4) is 0 Å². The van der Waals surface area contributed by atoms with Gasteiger partial charge in [0.25, 0.3) is 0 Å². The fourth-order valence-corrected chi connectivity index (χ4v) is 14.1. The van der Waals surface area contributed by atoms with Crippen molar-refractivity contribution in [3.05, 3.63) is 57.0 Å². The second-order valence-corrected chi connectivity index (χ2v) is 16.5. The number of thiophene rings is 1. The summed E-state index contributed by atoms with van der Waals surface area (Å²) >= 11 is 2.10. The molecule has 1 atom stereocenters. The Kier molecular flexibility index (Phi) is 4.83. The first kappa shape index (κ1) is 20.5. The Balaban J connectivity index is 1.67. The predicted molar refractivity (Wildman–Crippen MR) is 138 cm³/mol. The third-order valence-corrected chi connectivity index (χ3v) is 16.7. The van der Waals surface area contributed by atoms with Crippen LogP contribution >= 0.6 is 11.3 Å². The first-order valence-corrected chi connectivity index (χ1v) is 15.2. The number of benzene rings is 1. The largest absolute Gasteiger partial charge is 0.139 e. The molecule has 1 heterocycles. The van der Waals surface area contributed by atoms with Crippen molar-refractivity contribution in [1.82, 2.24) is 0 Å². The van der Waals surface area contributed by atoms with Crippen LogP contribution in [-0.2, 0) is 6.42 Å². The fourth-order valence-electron chi connectivity index (χ4n) is 7.08. The third kappa shape index (κ3) is 2.56. The van der Waals surface area contributed by atoms with Crippen LogP contribution in [0.3, 0.4) is 0 Å². The van der Waals surface area contributed by atoms with Gasteiger partial charge >= 0.3 is 0 Å². The van der Waals surface area contributed by atoms with Crippen LogP contribution in [0.1, 0.15) is 77.7 Å². The average Bonchev–Trinajstić information content (AvgIpc) is 3.34. The van der Waals surface area contributed by atoms with Crippen molar-refractivity contribution >= 4 is 40.3 Å². The van der Waals surface area contributed by atoms with Crippen LogP contribution in [0.2, 0.25) is 17.1 Å². The van der Waals surface area contributed by atoms with Gasteiger partial charge in [-0.3, -0.25) is 0 Å². The molecule has 0 bridgehead atoms. The van der Waals surface area contributed by atoms with Gasteiger partial charge in [-0.15, -0.1) is 11.3 Å². The average molecular weight is 433 g/mol. The SMILES string of the molecule is CC[Si](CC)(c1ccc2c3c(sc2c1)CC1=C3CCCC1)C1(C)C=C(C)C(C)=C1C. The Morgan fingerprint density at radius 2 is 1.77 bits per heavy atom. The lowest BCUT2D eigenvalue weighted by molar-refractivity contribution is 0.711. The Bertz CT molecular complexity index is 1130. The van der Waals surface area contributed by atoms with E-state index in [1.807, 2.05) is 0 Å². The van der Waals surface area contributed by atoms with Crippen LogP contribution in [0, 0.1) is 0 Å². The predicted octanol–water partition coefficient (Wildman–Crippen LogP) is 8.54. The standard InChI is InChI=1S/C28H36SSi/c1-7-30(8-2,28(6)17-18(3)19(4)20(28)5)22-13-14-24-25(16-22)29-26-15-21-11-9-10-12-23(21)27(24)26/h13-14,16-17H,7-12,15H2,1-6H3. The molecule has 0 saturated heterocycles. The van der Waals surface area contributed by atoms with Crippen LogP contribution in [-0.4, -0.2) is 8.07 Å². The van der Waals surface area contributed by atoms with Gasteiger partial charge in [-0.1, -0.05) is 73.0 Å². The zero-order valence-corrected chi connectivity index (χ0v) is 21.5. The van der Waals surface area contributed by atoms with Crippen LogP contribution in [0.25, 0.3) is 15.7 Å². The van der Waals surface area contributed by atoms with E-state index >= 15 is 0 Å². The Hall–Kier alpha value is -1.38. The Labute approximate surface area is 187 Å². The highest BCUT2D eigenvalue weighted by atomic mass is 32.1. The summed E-state index contributed by atoms with van der Waals surface area (Å²) in [4.78, 5) is 1.66. The molecule has 0 N–H and O–H groups in total. The Morgan fingerprint density at radius 3 is 2.43 bits per heavy atom. The quantitative estimate of drug-likeness (QED) is 0.425. The summed E-state index contributed by atoms with van der Waals surface area (Å²) in [6.45, 7) is 14.5. The zero-order valence-electron chi connectivity index (χ0n) is 19.7. The van der Waals surface area contributed by atoms with E-state index < -0.39 is 8.07 Å². The molecule has 0 aliphatic heterocycles. The summed E-state index contributed by atoms with van der Waals surface area (Å²) in [6.07, 6.45) is 9.30. The number of hydrogen-bond donors (Lipinski definition) is 0. The maximum absolute atomic E-state index is 2.63. The smallest absolute Gasteiger partial charge is 0.100 e. The van der Waals surface area contributed by atoms with Gasteiger partial charge in [-0.2, -0.15) is 0 Å². The Morgan fingerprint density at radius 1 is 1.03 bits per heavy atom. The summed E-state index contributed by atoms with van der Waals surface area (Å²) in [5.41, 5.74) is 9.79. The normalized spacial score (nSPS) is 24.0. The lowest BCUT2D eigenvalue weighted by Crippen LogP contribution is -2.55. The lowest BCUT2D eigenvalue weighted by atomic mass is 9.91. The molecule has 2 aromatic rings. The summed E-state index contributed by atoms with van der Waals surface area (Å²) in [5, 5.41) is 3.46. The van der Waals surface area contributed by atoms with E-state index in [4.69, 9.17) is 0 Å². The summed E-state index contributed by atoms with van der Waals surface area (Å²) < 4.78 is 1.55. The number of allylic oxidation sites excluding steroid dienone is 6. The lowest BCUT2D eigenvalue weighted by Gasteiger charge is -2.45. The molecule has 5 rings (SSSR count). The minimum atomic E-state index is -1.75. The molecule has 3 aliphatic carbocycles. The second kappa shape index (κ2) is 7.07. The van der Waals surface area contributed by atoms with E-state index in [0.717, 1.165) is 0 Å². The van der Waals surface area contributed by atoms with Gasteiger partial charge < -0.3 is 0 Å². The van der Waals surface area contributed by atoms with Crippen molar-refractivity contribution < 1.29 is 0 Å². The maximum Gasteiger partial charge on any atom is 0.100 e. The molecule has 2 heteroatoms. The highest BCUT2D eigenvalue weighted by molar-refractivity contribution is 7.19. The van der Waals surface area contributed by atoms with E-state index in [9.17, 15) is 0 Å². The van der Waals surface area contributed by atoms with Crippen molar-refractivity contribution in [2.75, 3.05) is 0 Å². The van der Waals surface area contributed by atoms with Gasteiger partial charge in [-0.25, -0.2) is 0 Å². The van der Waals surface area contributed by atoms with Crippen LogP contribution < -0.4 is 5.19 Å². The van der Waals surface area contributed by atoms with Crippen molar-refractivity contribution in [2.24, 2.45) is 0 Å².